The number of hydrogen-bond donors (Lipinski definition) is 1. The summed E-state index contributed by atoms with van der Waals surface area (Å²) in [5.41, 5.74) is 2.16. The molecule has 1 amide bonds. The van der Waals surface area contributed by atoms with Gasteiger partial charge in [-0.25, -0.2) is 0 Å². The van der Waals surface area contributed by atoms with Gasteiger partial charge in [0.15, 0.2) is 11.5 Å². The lowest BCUT2D eigenvalue weighted by Crippen LogP contribution is -2.33. The Morgan fingerprint density at radius 1 is 1.32 bits per heavy atom. The number of aryl methyl sites for hydroxylation is 1. The minimum atomic E-state index is -0.510. The van der Waals surface area contributed by atoms with Crippen molar-refractivity contribution in [2.75, 3.05) is 27.2 Å². The van der Waals surface area contributed by atoms with Gasteiger partial charge in [-0.1, -0.05) is 43.7 Å². The van der Waals surface area contributed by atoms with Crippen LogP contribution in [-0.2, 0) is 9.59 Å². The smallest absolute Gasteiger partial charge is 0.290 e. The van der Waals surface area contributed by atoms with Crippen molar-refractivity contribution in [3.63, 3.8) is 0 Å². The first-order chi connectivity index (χ1) is 11.7. The van der Waals surface area contributed by atoms with Crippen molar-refractivity contribution in [1.29, 1.82) is 0 Å². The van der Waals surface area contributed by atoms with Crippen LogP contribution in [0.1, 0.15) is 37.4 Å². The largest absolute Gasteiger partial charge is 0.503 e. The number of aliphatic hydroxyl groups excluding tert-OH is 1. The Balaban J connectivity index is 2.42. The summed E-state index contributed by atoms with van der Waals surface area (Å²) in [5.74, 6) is -1.30. The van der Waals surface area contributed by atoms with Gasteiger partial charge in [-0.2, -0.15) is 0 Å². The second kappa shape index (κ2) is 7.83. The SMILES string of the molecule is Cc1cccc(C2C(C(=O)C(C)C)=C(O)C(=O)N2CCCN(C)C)c1. The standard InChI is InChI=1S/C20H28N2O3/c1-13(2)18(23)16-17(15-9-6-8-14(3)12-15)22(20(25)19(16)24)11-7-10-21(4)5/h6,8-9,12-13,17,24H,7,10-11H2,1-5H3. The van der Waals surface area contributed by atoms with Gasteiger partial charge in [-0.05, 0) is 39.5 Å². The highest BCUT2D eigenvalue weighted by atomic mass is 16.3. The third-order valence-corrected chi connectivity index (χ3v) is 4.46. The molecule has 1 heterocycles. The molecular weight excluding hydrogens is 316 g/mol. The van der Waals surface area contributed by atoms with E-state index in [2.05, 4.69) is 4.90 Å². The molecule has 1 aliphatic rings. The Morgan fingerprint density at radius 3 is 2.56 bits per heavy atom. The van der Waals surface area contributed by atoms with Crippen molar-refractivity contribution in [3.8, 4) is 0 Å². The zero-order valence-electron chi connectivity index (χ0n) is 15.7. The molecule has 1 aromatic carbocycles. The van der Waals surface area contributed by atoms with Crippen LogP contribution in [0, 0.1) is 12.8 Å². The molecule has 5 nitrogen and oxygen atoms in total. The first-order valence-corrected chi connectivity index (χ1v) is 8.73. The average molecular weight is 344 g/mol. The summed E-state index contributed by atoms with van der Waals surface area (Å²) in [6, 6.07) is 7.27. The maximum atomic E-state index is 12.7. The average Bonchev–Trinajstić information content (AvgIpc) is 2.78. The Labute approximate surface area is 149 Å². The predicted molar refractivity (Wildman–Crippen MR) is 98.3 cm³/mol. The molecule has 0 aromatic heterocycles. The number of carbonyl (C=O) groups excluding carboxylic acids is 2. The predicted octanol–water partition coefficient (Wildman–Crippen LogP) is 2.87. The van der Waals surface area contributed by atoms with Crippen LogP contribution < -0.4 is 0 Å². The van der Waals surface area contributed by atoms with Gasteiger partial charge in [-0.3, -0.25) is 9.59 Å². The first kappa shape index (κ1) is 19.2. The van der Waals surface area contributed by atoms with Gasteiger partial charge in [0.2, 0.25) is 0 Å². The van der Waals surface area contributed by atoms with Gasteiger partial charge >= 0.3 is 0 Å². The molecule has 0 saturated heterocycles. The van der Waals surface area contributed by atoms with E-state index in [0.29, 0.717) is 6.54 Å². The maximum Gasteiger partial charge on any atom is 0.290 e. The van der Waals surface area contributed by atoms with E-state index in [9.17, 15) is 14.7 Å². The lowest BCUT2D eigenvalue weighted by atomic mass is 9.90. The van der Waals surface area contributed by atoms with Crippen LogP contribution in [0.5, 0.6) is 0 Å². The monoisotopic (exact) mass is 344 g/mol. The van der Waals surface area contributed by atoms with Crippen LogP contribution in [0.2, 0.25) is 0 Å². The van der Waals surface area contributed by atoms with Crippen molar-refractivity contribution in [2.45, 2.75) is 33.2 Å². The third kappa shape index (κ3) is 4.10. The number of Topliss-reactive ketones (excluding diaryl/α,β-unsaturated/α-hetero) is 1. The highest BCUT2D eigenvalue weighted by Gasteiger charge is 2.43. The summed E-state index contributed by atoms with van der Waals surface area (Å²) in [4.78, 5) is 29.0. The molecule has 2 rings (SSSR count). The fourth-order valence-corrected chi connectivity index (χ4v) is 3.19. The van der Waals surface area contributed by atoms with E-state index in [-0.39, 0.29) is 17.3 Å². The number of rotatable bonds is 7. The van der Waals surface area contributed by atoms with E-state index in [1.807, 2.05) is 45.3 Å². The summed E-state index contributed by atoms with van der Waals surface area (Å²) in [6.07, 6.45) is 0.775. The van der Waals surface area contributed by atoms with E-state index < -0.39 is 17.7 Å². The normalized spacial score (nSPS) is 18.0. The van der Waals surface area contributed by atoms with Gasteiger partial charge in [0, 0.05) is 12.5 Å². The Hall–Kier alpha value is -2.14. The van der Waals surface area contributed by atoms with Gasteiger partial charge in [0.05, 0.1) is 11.6 Å². The number of carbonyl (C=O) groups is 2. The minimum Gasteiger partial charge on any atom is -0.503 e. The quantitative estimate of drug-likeness (QED) is 0.826. The van der Waals surface area contributed by atoms with Crippen LogP contribution in [0.25, 0.3) is 0 Å². The van der Waals surface area contributed by atoms with Gasteiger partial charge in [-0.15, -0.1) is 0 Å². The van der Waals surface area contributed by atoms with Crippen molar-refractivity contribution in [3.05, 3.63) is 46.7 Å². The Bertz CT molecular complexity index is 692. The lowest BCUT2D eigenvalue weighted by Gasteiger charge is -2.28. The molecular formula is C20H28N2O3. The molecule has 0 saturated carbocycles. The van der Waals surface area contributed by atoms with Crippen molar-refractivity contribution in [1.82, 2.24) is 9.80 Å². The molecule has 0 aliphatic carbocycles. The molecule has 1 aromatic rings. The summed E-state index contributed by atoms with van der Waals surface area (Å²) in [7, 11) is 3.96. The minimum absolute atomic E-state index is 0.174. The summed E-state index contributed by atoms with van der Waals surface area (Å²) in [5, 5.41) is 10.4. The summed E-state index contributed by atoms with van der Waals surface area (Å²) in [6.45, 7) is 6.88. The molecule has 1 atom stereocenters. The van der Waals surface area contributed by atoms with E-state index in [4.69, 9.17) is 0 Å². The van der Waals surface area contributed by atoms with E-state index in [1.165, 1.54) is 0 Å². The second-order valence-electron chi connectivity index (χ2n) is 7.25. The molecule has 0 spiro atoms. The number of ketones is 1. The molecule has 0 bridgehead atoms. The topological polar surface area (TPSA) is 60.9 Å². The van der Waals surface area contributed by atoms with Crippen molar-refractivity contribution in [2.24, 2.45) is 5.92 Å². The van der Waals surface area contributed by atoms with Gasteiger partial charge in [0.1, 0.15) is 0 Å². The molecule has 136 valence electrons. The third-order valence-electron chi connectivity index (χ3n) is 4.46. The number of amides is 1. The van der Waals surface area contributed by atoms with Crippen molar-refractivity contribution < 1.29 is 14.7 Å². The Morgan fingerprint density at radius 2 is 2.00 bits per heavy atom. The molecule has 1 aliphatic heterocycles. The first-order valence-electron chi connectivity index (χ1n) is 8.73. The van der Waals surface area contributed by atoms with Crippen molar-refractivity contribution >= 4 is 11.7 Å². The lowest BCUT2D eigenvalue weighted by molar-refractivity contribution is -0.129. The van der Waals surface area contributed by atoms with Crippen LogP contribution in [0.3, 0.4) is 0 Å². The molecule has 0 fully saturated rings. The van der Waals surface area contributed by atoms with Crippen LogP contribution in [-0.4, -0.2) is 53.8 Å². The highest BCUT2D eigenvalue weighted by molar-refractivity contribution is 6.09. The van der Waals surface area contributed by atoms with E-state index in [1.54, 1.807) is 18.7 Å². The second-order valence-corrected chi connectivity index (χ2v) is 7.25. The fourth-order valence-electron chi connectivity index (χ4n) is 3.19. The fraction of sp³-hybridized carbons (Fsp3) is 0.500. The summed E-state index contributed by atoms with van der Waals surface area (Å²) < 4.78 is 0. The number of hydrogen-bond acceptors (Lipinski definition) is 4. The maximum absolute atomic E-state index is 12.7. The summed E-state index contributed by atoms with van der Waals surface area (Å²) >= 11 is 0. The molecule has 25 heavy (non-hydrogen) atoms. The van der Waals surface area contributed by atoms with Gasteiger partial charge < -0.3 is 14.9 Å². The van der Waals surface area contributed by atoms with E-state index >= 15 is 0 Å². The number of benzene rings is 1. The zero-order chi connectivity index (χ0) is 18.7. The molecule has 5 heteroatoms. The van der Waals surface area contributed by atoms with Crippen LogP contribution >= 0.6 is 0 Å². The van der Waals surface area contributed by atoms with Crippen LogP contribution in [0.4, 0.5) is 0 Å². The zero-order valence-corrected chi connectivity index (χ0v) is 15.7. The molecule has 1 N–H and O–H groups in total. The highest BCUT2D eigenvalue weighted by Crippen LogP contribution is 2.39. The number of nitrogens with zero attached hydrogens (tertiary/aromatic N) is 2. The van der Waals surface area contributed by atoms with E-state index in [0.717, 1.165) is 24.1 Å². The van der Waals surface area contributed by atoms with Crippen LogP contribution in [0.15, 0.2) is 35.6 Å². The molecule has 0 radical (unpaired) electrons. The Kier molecular flexibility index (Phi) is 6.01. The molecule has 1 unspecified atom stereocenters. The van der Waals surface area contributed by atoms with Gasteiger partial charge in [0.25, 0.3) is 5.91 Å². The number of aliphatic hydroxyl groups is 1.